The number of amides is 1. The van der Waals surface area contributed by atoms with Gasteiger partial charge in [0.05, 0.1) is 11.7 Å². The van der Waals surface area contributed by atoms with Crippen molar-refractivity contribution in [2.45, 2.75) is 45.6 Å². The van der Waals surface area contributed by atoms with Crippen molar-refractivity contribution < 1.29 is 4.79 Å². The van der Waals surface area contributed by atoms with Gasteiger partial charge in [0.2, 0.25) is 0 Å². The zero-order chi connectivity index (χ0) is 22.5. The Morgan fingerprint density at radius 1 is 1.12 bits per heavy atom. The van der Waals surface area contributed by atoms with Crippen molar-refractivity contribution in [3.8, 4) is 0 Å². The zero-order valence-corrected chi connectivity index (χ0v) is 19.3. The first-order valence-corrected chi connectivity index (χ1v) is 12.1. The van der Waals surface area contributed by atoms with E-state index in [2.05, 4.69) is 36.0 Å². The molecule has 3 aromatic heterocycles. The van der Waals surface area contributed by atoms with Gasteiger partial charge in [-0.1, -0.05) is 25.1 Å². The molecule has 0 bridgehead atoms. The second-order valence-corrected chi connectivity index (χ2v) is 9.74. The lowest BCUT2D eigenvalue weighted by atomic mass is 9.99. The molecule has 0 spiro atoms. The molecule has 0 saturated carbocycles. The summed E-state index contributed by atoms with van der Waals surface area (Å²) in [7, 11) is 0. The van der Waals surface area contributed by atoms with Crippen molar-refractivity contribution in [3.63, 3.8) is 0 Å². The van der Waals surface area contributed by atoms with Crippen LogP contribution in [0.25, 0.3) is 16.6 Å². The number of fused-ring (bicyclic) bond motifs is 2. The average molecular weight is 443 g/mol. The number of hydrogen-bond acceptors (Lipinski definition) is 4. The molecule has 7 heteroatoms. The predicted octanol–water partition coefficient (Wildman–Crippen LogP) is 4.73. The van der Waals surface area contributed by atoms with E-state index >= 15 is 0 Å². The van der Waals surface area contributed by atoms with E-state index in [0.29, 0.717) is 11.6 Å². The lowest BCUT2D eigenvalue weighted by Crippen LogP contribution is -2.38. The highest BCUT2D eigenvalue weighted by atomic mass is 16.2. The highest BCUT2D eigenvalue weighted by Gasteiger charge is 2.32. The number of carbonyl (C=O) groups is 1. The fourth-order valence-electron chi connectivity index (χ4n) is 5.46. The molecule has 2 aliphatic rings. The number of nitrogens with zero attached hydrogens (tertiary/aromatic N) is 5. The Balaban J connectivity index is 1.33. The molecule has 0 unspecified atom stereocenters. The first-order valence-electron chi connectivity index (χ1n) is 12.1. The summed E-state index contributed by atoms with van der Waals surface area (Å²) >= 11 is 0. The SMILES string of the molecule is Cc1cn2nc([C@@H]3CCCCN3C(=O)c3cc4ccccc4[nH]3)cc2nc1N1CC[C@H](C)C1. The minimum Gasteiger partial charge on any atom is -0.356 e. The highest BCUT2D eigenvalue weighted by molar-refractivity contribution is 5.98. The maximum atomic E-state index is 13.5. The van der Waals surface area contributed by atoms with Gasteiger partial charge in [0.1, 0.15) is 11.5 Å². The van der Waals surface area contributed by atoms with E-state index in [1.807, 2.05) is 39.7 Å². The molecule has 1 N–H and O–H groups in total. The second kappa shape index (κ2) is 7.90. The summed E-state index contributed by atoms with van der Waals surface area (Å²) in [5.41, 5.74) is 4.56. The van der Waals surface area contributed by atoms with E-state index in [4.69, 9.17) is 10.1 Å². The monoisotopic (exact) mass is 442 g/mol. The Kier molecular flexibility index (Phi) is 4.85. The van der Waals surface area contributed by atoms with Crippen LogP contribution < -0.4 is 4.90 Å². The summed E-state index contributed by atoms with van der Waals surface area (Å²) in [6.07, 6.45) is 6.33. The minimum atomic E-state index is -0.0325. The summed E-state index contributed by atoms with van der Waals surface area (Å²) in [4.78, 5) is 26.2. The fraction of sp³-hybridized carbons (Fsp3) is 0.423. The number of nitrogens with one attached hydrogen (secondary N) is 1. The lowest BCUT2D eigenvalue weighted by Gasteiger charge is -2.34. The minimum absolute atomic E-state index is 0.0325. The molecule has 0 radical (unpaired) electrons. The van der Waals surface area contributed by atoms with Gasteiger partial charge in [-0.2, -0.15) is 5.10 Å². The smallest absolute Gasteiger partial charge is 0.270 e. The normalized spacial score (nSPS) is 21.4. The van der Waals surface area contributed by atoms with E-state index in [-0.39, 0.29) is 11.9 Å². The van der Waals surface area contributed by atoms with Gasteiger partial charge in [-0.05, 0) is 50.7 Å². The second-order valence-electron chi connectivity index (χ2n) is 9.74. The van der Waals surface area contributed by atoms with Gasteiger partial charge in [-0.25, -0.2) is 9.50 Å². The number of anilines is 1. The van der Waals surface area contributed by atoms with Crippen LogP contribution in [-0.4, -0.2) is 50.0 Å². The van der Waals surface area contributed by atoms with Crippen LogP contribution in [-0.2, 0) is 0 Å². The Hall–Kier alpha value is -3.35. The van der Waals surface area contributed by atoms with Gasteiger partial charge < -0.3 is 14.8 Å². The Bertz CT molecular complexity index is 1300. The number of piperidine rings is 1. The van der Waals surface area contributed by atoms with Crippen LogP contribution in [0.4, 0.5) is 5.82 Å². The van der Waals surface area contributed by atoms with Crippen LogP contribution in [0, 0.1) is 12.8 Å². The third-order valence-electron chi connectivity index (χ3n) is 7.21. The number of aromatic nitrogens is 4. The van der Waals surface area contributed by atoms with E-state index in [1.54, 1.807) is 0 Å². The fourth-order valence-corrected chi connectivity index (χ4v) is 5.46. The summed E-state index contributed by atoms with van der Waals surface area (Å²) < 4.78 is 1.88. The molecule has 170 valence electrons. The van der Waals surface area contributed by atoms with Crippen molar-refractivity contribution >= 4 is 28.3 Å². The van der Waals surface area contributed by atoms with Gasteiger partial charge in [0.25, 0.3) is 5.91 Å². The summed E-state index contributed by atoms with van der Waals surface area (Å²) in [5, 5.41) is 5.94. The Morgan fingerprint density at radius 3 is 2.82 bits per heavy atom. The van der Waals surface area contributed by atoms with Gasteiger partial charge in [0.15, 0.2) is 5.65 Å². The Morgan fingerprint density at radius 2 is 2.00 bits per heavy atom. The van der Waals surface area contributed by atoms with Gasteiger partial charge in [0, 0.05) is 48.4 Å². The predicted molar refractivity (Wildman–Crippen MR) is 130 cm³/mol. The highest BCUT2D eigenvalue weighted by Crippen LogP contribution is 2.33. The number of hydrogen-bond donors (Lipinski definition) is 1. The van der Waals surface area contributed by atoms with E-state index < -0.39 is 0 Å². The molecule has 2 atom stereocenters. The van der Waals surface area contributed by atoms with Crippen molar-refractivity contribution in [1.29, 1.82) is 0 Å². The molecule has 0 aliphatic carbocycles. The number of aromatic amines is 1. The average Bonchev–Trinajstić information content (AvgIpc) is 3.55. The van der Waals surface area contributed by atoms with Crippen molar-refractivity contribution in [3.05, 3.63) is 59.5 Å². The molecule has 2 fully saturated rings. The molecule has 5 heterocycles. The van der Waals surface area contributed by atoms with Crippen LogP contribution in [0.5, 0.6) is 0 Å². The molecule has 2 saturated heterocycles. The number of likely N-dealkylation sites (tertiary alicyclic amines) is 1. The molecule has 7 nitrogen and oxygen atoms in total. The van der Waals surface area contributed by atoms with Crippen LogP contribution in [0.3, 0.4) is 0 Å². The van der Waals surface area contributed by atoms with E-state index in [0.717, 1.165) is 72.5 Å². The Labute approximate surface area is 193 Å². The van der Waals surface area contributed by atoms with E-state index in [9.17, 15) is 4.79 Å². The van der Waals surface area contributed by atoms with Crippen LogP contribution in [0.1, 0.15) is 60.4 Å². The molecule has 33 heavy (non-hydrogen) atoms. The molecule has 1 aromatic carbocycles. The van der Waals surface area contributed by atoms with Crippen molar-refractivity contribution in [2.75, 3.05) is 24.5 Å². The number of rotatable bonds is 3. The first-order chi connectivity index (χ1) is 16.1. The van der Waals surface area contributed by atoms with Crippen molar-refractivity contribution in [2.24, 2.45) is 5.92 Å². The van der Waals surface area contributed by atoms with Gasteiger partial charge >= 0.3 is 0 Å². The number of para-hydroxylation sites is 1. The summed E-state index contributed by atoms with van der Waals surface area (Å²) in [6.45, 7) is 7.27. The quantitative estimate of drug-likeness (QED) is 0.498. The lowest BCUT2D eigenvalue weighted by molar-refractivity contribution is 0.0600. The first kappa shape index (κ1) is 20.3. The number of H-pyrrole nitrogens is 1. The topological polar surface area (TPSA) is 69.5 Å². The number of carbonyl (C=O) groups excluding carboxylic acids is 1. The van der Waals surface area contributed by atoms with Crippen molar-refractivity contribution in [1.82, 2.24) is 24.5 Å². The molecular weight excluding hydrogens is 412 g/mol. The molecular formula is C26H30N6O. The maximum absolute atomic E-state index is 13.5. The maximum Gasteiger partial charge on any atom is 0.270 e. The molecule has 4 aromatic rings. The van der Waals surface area contributed by atoms with Gasteiger partial charge in [-0.15, -0.1) is 0 Å². The van der Waals surface area contributed by atoms with Crippen LogP contribution in [0.15, 0.2) is 42.6 Å². The summed E-state index contributed by atoms with van der Waals surface area (Å²) in [5.74, 6) is 1.81. The molecule has 1 amide bonds. The third-order valence-corrected chi connectivity index (χ3v) is 7.21. The summed E-state index contributed by atoms with van der Waals surface area (Å²) in [6, 6.07) is 12.0. The number of aryl methyl sites for hydroxylation is 1. The van der Waals surface area contributed by atoms with E-state index in [1.165, 1.54) is 6.42 Å². The van der Waals surface area contributed by atoms with Crippen LogP contribution >= 0.6 is 0 Å². The van der Waals surface area contributed by atoms with Crippen LogP contribution in [0.2, 0.25) is 0 Å². The number of benzene rings is 1. The largest absolute Gasteiger partial charge is 0.356 e. The standard InChI is InChI=1S/C26H30N6O/c1-17-10-12-30(15-17)25-18(2)16-32-24(28-25)14-21(29-32)23-9-5-6-11-31(23)26(33)22-13-19-7-3-4-8-20(19)27-22/h3-4,7-8,13-14,16-17,23,27H,5-6,9-12,15H2,1-2H3/t17-,23-/m0/s1. The zero-order valence-electron chi connectivity index (χ0n) is 19.3. The molecule has 2 aliphatic heterocycles. The third kappa shape index (κ3) is 3.56. The molecule has 6 rings (SSSR count). The van der Waals surface area contributed by atoms with Gasteiger partial charge in [-0.3, -0.25) is 4.79 Å².